The number of alkyl halides is 3. The van der Waals surface area contributed by atoms with E-state index < -0.39 is 11.7 Å². The van der Waals surface area contributed by atoms with E-state index >= 15 is 0 Å². The molecule has 0 fully saturated rings. The number of nitrogens with zero attached hydrogens (tertiary/aromatic N) is 1. The first-order valence-electron chi connectivity index (χ1n) is 7.09. The van der Waals surface area contributed by atoms with Gasteiger partial charge >= 0.3 is 6.18 Å². The van der Waals surface area contributed by atoms with Crippen LogP contribution in [0.3, 0.4) is 0 Å². The summed E-state index contributed by atoms with van der Waals surface area (Å²) in [6, 6.07) is 4.57. The summed E-state index contributed by atoms with van der Waals surface area (Å²) in [4.78, 5) is 1.98. The fraction of sp³-hybridized carbons (Fsp3) is 0.600. The molecule has 0 aliphatic carbocycles. The van der Waals surface area contributed by atoms with E-state index in [1.165, 1.54) is 6.07 Å². The van der Waals surface area contributed by atoms with Gasteiger partial charge in [-0.1, -0.05) is 19.4 Å². The summed E-state index contributed by atoms with van der Waals surface area (Å²) in [5, 5.41) is 0. The maximum Gasteiger partial charge on any atom is 0.416 e. The Balaban J connectivity index is 3.10. The number of unbranched alkanes of at least 4 members (excludes halogenated alkanes) is 1. The highest BCUT2D eigenvalue weighted by Crippen LogP contribution is 2.35. The Labute approximate surface area is 118 Å². The summed E-state index contributed by atoms with van der Waals surface area (Å²) in [5.74, 6) is 0. The maximum atomic E-state index is 13.1. The Kier molecular flexibility index (Phi) is 6.33. The fourth-order valence-electron chi connectivity index (χ4n) is 2.22. The van der Waals surface area contributed by atoms with E-state index in [-0.39, 0.29) is 18.5 Å². The lowest BCUT2D eigenvalue weighted by atomic mass is 10.0. The van der Waals surface area contributed by atoms with Crippen molar-refractivity contribution in [1.82, 2.24) is 0 Å². The second-order valence-electron chi connectivity index (χ2n) is 4.81. The van der Waals surface area contributed by atoms with Crippen LogP contribution in [-0.4, -0.2) is 19.6 Å². The van der Waals surface area contributed by atoms with Crippen LogP contribution in [0.5, 0.6) is 0 Å². The molecule has 0 unspecified atom stereocenters. The molecule has 2 nitrogen and oxygen atoms in total. The number of benzene rings is 1. The molecule has 0 aromatic heterocycles. The zero-order valence-electron chi connectivity index (χ0n) is 12.1. The molecular formula is C15H23F3N2. The largest absolute Gasteiger partial charge is 0.416 e. The van der Waals surface area contributed by atoms with Gasteiger partial charge in [-0.2, -0.15) is 13.2 Å². The Morgan fingerprint density at radius 3 is 2.40 bits per heavy atom. The number of halogens is 3. The molecule has 0 radical (unpaired) electrons. The third kappa shape index (κ3) is 4.40. The molecule has 1 aromatic rings. The predicted molar refractivity (Wildman–Crippen MR) is 77.0 cm³/mol. The van der Waals surface area contributed by atoms with Gasteiger partial charge in [0.1, 0.15) is 0 Å². The van der Waals surface area contributed by atoms with Crippen LogP contribution in [0, 0.1) is 0 Å². The van der Waals surface area contributed by atoms with Crippen LogP contribution in [-0.2, 0) is 12.6 Å². The molecule has 0 aliphatic rings. The van der Waals surface area contributed by atoms with Crippen molar-refractivity contribution in [2.75, 3.05) is 24.5 Å². The average Bonchev–Trinajstić information content (AvgIpc) is 2.40. The predicted octanol–water partition coefficient (Wildman–Crippen LogP) is 3.83. The number of anilines is 1. The molecule has 1 rings (SSSR count). The summed E-state index contributed by atoms with van der Waals surface area (Å²) in [6.45, 7) is 5.72. The van der Waals surface area contributed by atoms with Crippen LogP contribution < -0.4 is 10.6 Å². The first-order valence-corrected chi connectivity index (χ1v) is 7.09. The second-order valence-corrected chi connectivity index (χ2v) is 4.81. The van der Waals surface area contributed by atoms with E-state index in [2.05, 4.69) is 6.92 Å². The molecule has 0 saturated heterocycles. The molecule has 1 aromatic carbocycles. The molecule has 20 heavy (non-hydrogen) atoms. The van der Waals surface area contributed by atoms with Gasteiger partial charge in [-0.3, -0.25) is 0 Å². The highest BCUT2D eigenvalue weighted by atomic mass is 19.4. The lowest BCUT2D eigenvalue weighted by Gasteiger charge is -2.25. The maximum absolute atomic E-state index is 13.1. The van der Waals surface area contributed by atoms with Crippen LogP contribution in [0.2, 0.25) is 0 Å². The topological polar surface area (TPSA) is 29.3 Å². The monoisotopic (exact) mass is 288 g/mol. The molecule has 0 aliphatic heterocycles. The van der Waals surface area contributed by atoms with Crippen molar-refractivity contribution in [3.8, 4) is 0 Å². The van der Waals surface area contributed by atoms with Crippen LogP contribution in [0.25, 0.3) is 0 Å². The summed E-state index contributed by atoms with van der Waals surface area (Å²) >= 11 is 0. The highest BCUT2D eigenvalue weighted by Gasteiger charge is 2.33. The molecule has 2 N–H and O–H groups in total. The van der Waals surface area contributed by atoms with Gasteiger partial charge in [0.2, 0.25) is 0 Å². The summed E-state index contributed by atoms with van der Waals surface area (Å²) in [5.41, 5.74) is 5.73. The summed E-state index contributed by atoms with van der Waals surface area (Å²) in [7, 11) is 0. The Hall–Kier alpha value is -1.23. The van der Waals surface area contributed by atoms with Gasteiger partial charge in [-0.25, -0.2) is 0 Å². The summed E-state index contributed by atoms with van der Waals surface area (Å²) in [6.07, 6.45) is -2.09. The van der Waals surface area contributed by atoms with Gasteiger partial charge in [-0.15, -0.1) is 0 Å². The van der Waals surface area contributed by atoms with Crippen molar-refractivity contribution in [2.45, 2.75) is 39.3 Å². The van der Waals surface area contributed by atoms with Gasteiger partial charge < -0.3 is 10.6 Å². The van der Waals surface area contributed by atoms with Crippen LogP contribution >= 0.6 is 0 Å². The quantitative estimate of drug-likeness (QED) is 0.826. The normalized spacial score (nSPS) is 11.7. The van der Waals surface area contributed by atoms with Gasteiger partial charge in [0, 0.05) is 18.8 Å². The van der Waals surface area contributed by atoms with Crippen LogP contribution in [0.15, 0.2) is 18.2 Å². The third-order valence-electron chi connectivity index (χ3n) is 3.34. The first kappa shape index (κ1) is 16.8. The number of hydrogen-bond acceptors (Lipinski definition) is 2. The summed E-state index contributed by atoms with van der Waals surface area (Å²) < 4.78 is 39.3. The second kappa shape index (κ2) is 7.53. The molecule has 0 atom stereocenters. The van der Waals surface area contributed by atoms with E-state index in [9.17, 15) is 13.2 Å². The standard InChI is InChI=1S/C15H23F3N2/c1-3-5-10-20(4-2)13-7-6-12(8-9-19)14(11-13)15(16,17)18/h6-7,11H,3-5,8-10,19H2,1-2H3. The Morgan fingerprint density at radius 1 is 1.20 bits per heavy atom. The molecule has 0 amide bonds. The number of rotatable bonds is 7. The van der Waals surface area contributed by atoms with Crippen LogP contribution in [0.1, 0.15) is 37.8 Å². The van der Waals surface area contributed by atoms with Gasteiger partial charge in [0.05, 0.1) is 5.56 Å². The van der Waals surface area contributed by atoms with E-state index in [1.54, 1.807) is 12.1 Å². The molecule has 0 saturated carbocycles. The fourth-order valence-corrected chi connectivity index (χ4v) is 2.22. The SMILES string of the molecule is CCCCN(CC)c1ccc(CCN)c(C(F)(F)F)c1. The molecule has 0 heterocycles. The molecule has 0 bridgehead atoms. The smallest absolute Gasteiger partial charge is 0.372 e. The van der Waals surface area contributed by atoms with Crippen molar-refractivity contribution in [3.63, 3.8) is 0 Å². The molecule has 5 heteroatoms. The number of nitrogens with two attached hydrogens (primary N) is 1. The third-order valence-corrected chi connectivity index (χ3v) is 3.34. The lowest BCUT2D eigenvalue weighted by Crippen LogP contribution is -2.24. The van der Waals surface area contributed by atoms with E-state index in [0.29, 0.717) is 12.2 Å². The van der Waals surface area contributed by atoms with Crippen molar-refractivity contribution >= 4 is 5.69 Å². The minimum atomic E-state index is -4.33. The zero-order valence-corrected chi connectivity index (χ0v) is 12.1. The average molecular weight is 288 g/mol. The van der Waals surface area contributed by atoms with Crippen molar-refractivity contribution < 1.29 is 13.2 Å². The highest BCUT2D eigenvalue weighted by molar-refractivity contribution is 5.52. The lowest BCUT2D eigenvalue weighted by molar-refractivity contribution is -0.138. The van der Waals surface area contributed by atoms with Gasteiger partial charge in [-0.05, 0) is 44.0 Å². The van der Waals surface area contributed by atoms with Crippen molar-refractivity contribution in [2.24, 2.45) is 5.73 Å². The van der Waals surface area contributed by atoms with Gasteiger partial charge in [0.15, 0.2) is 0 Å². The molecule has 0 spiro atoms. The molecular weight excluding hydrogens is 265 g/mol. The number of hydrogen-bond donors (Lipinski definition) is 1. The Morgan fingerprint density at radius 2 is 1.90 bits per heavy atom. The van der Waals surface area contributed by atoms with Gasteiger partial charge in [0.25, 0.3) is 0 Å². The minimum Gasteiger partial charge on any atom is -0.372 e. The van der Waals surface area contributed by atoms with Crippen molar-refractivity contribution in [3.05, 3.63) is 29.3 Å². The van der Waals surface area contributed by atoms with E-state index in [1.807, 2.05) is 11.8 Å². The minimum absolute atomic E-state index is 0.218. The van der Waals surface area contributed by atoms with E-state index in [0.717, 1.165) is 19.4 Å². The molecule has 114 valence electrons. The van der Waals surface area contributed by atoms with E-state index in [4.69, 9.17) is 5.73 Å². The zero-order chi connectivity index (χ0) is 15.2. The van der Waals surface area contributed by atoms with Crippen molar-refractivity contribution in [1.29, 1.82) is 0 Å². The Bertz CT molecular complexity index is 416. The first-order chi connectivity index (χ1) is 9.43. The van der Waals surface area contributed by atoms with Crippen LogP contribution in [0.4, 0.5) is 18.9 Å².